The minimum atomic E-state index is 0.620. The average Bonchev–Trinajstić information content (AvgIpc) is 3.13. The lowest BCUT2D eigenvalue weighted by atomic mass is 10.3. The van der Waals surface area contributed by atoms with Crippen LogP contribution in [0.1, 0.15) is 18.3 Å². The second kappa shape index (κ2) is 8.15. The third kappa shape index (κ3) is 4.26. The highest BCUT2D eigenvalue weighted by atomic mass is 32.1. The van der Waals surface area contributed by atoms with Gasteiger partial charge >= 0.3 is 0 Å². The Bertz CT molecular complexity index is 660. The number of pyridine rings is 1. The zero-order chi connectivity index (χ0) is 16.8. The third-order valence-corrected chi connectivity index (χ3v) is 5.00. The van der Waals surface area contributed by atoms with E-state index in [1.165, 1.54) is 5.00 Å². The number of guanidine groups is 1. The van der Waals surface area contributed by atoms with Crippen LogP contribution in [0, 0.1) is 6.92 Å². The van der Waals surface area contributed by atoms with Gasteiger partial charge in [-0.15, -0.1) is 11.3 Å². The van der Waals surface area contributed by atoms with Crippen LogP contribution in [0.25, 0.3) is 0 Å². The Balaban J connectivity index is 1.62. The zero-order valence-corrected chi connectivity index (χ0v) is 15.2. The molecule has 128 valence electrons. The highest BCUT2D eigenvalue weighted by Crippen LogP contribution is 2.22. The molecule has 1 aliphatic rings. The van der Waals surface area contributed by atoms with E-state index in [2.05, 4.69) is 44.5 Å². The first-order chi connectivity index (χ1) is 11.8. The molecule has 0 spiro atoms. The highest BCUT2D eigenvalue weighted by molar-refractivity contribution is 7.14. The Labute approximate surface area is 148 Å². The summed E-state index contributed by atoms with van der Waals surface area (Å²) in [6.45, 7) is 9.68. The van der Waals surface area contributed by atoms with Crippen LogP contribution >= 0.6 is 11.3 Å². The van der Waals surface area contributed by atoms with Crippen molar-refractivity contribution in [2.75, 3.05) is 37.6 Å². The molecule has 2 aromatic rings. The molecule has 6 heteroatoms. The Morgan fingerprint density at radius 1 is 1.21 bits per heavy atom. The summed E-state index contributed by atoms with van der Waals surface area (Å²) < 4.78 is 0. The lowest BCUT2D eigenvalue weighted by molar-refractivity contribution is 0.373. The predicted molar refractivity (Wildman–Crippen MR) is 102 cm³/mol. The van der Waals surface area contributed by atoms with Gasteiger partial charge in [-0.05, 0) is 43.5 Å². The summed E-state index contributed by atoms with van der Waals surface area (Å²) in [5.74, 6) is 0.992. The summed E-state index contributed by atoms with van der Waals surface area (Å²) in [6, 6.07) is 10.4. The number of rotatable bonds is 4. The summed E-state index contributed by atoms with van der Waals surface area (Å²) >= 11 is 1.81. The van der Waals surface area contributed by atoms with Gasteiger partial charge in [-0.1, -0.05) is 6.07 Å². The minimum absolute atomic E-state index is 0.620. The van der Waals surface area contributed by atoms with Crippen molar-refractivity contribution < 1.29 is 0 Å². The van der Waals surface area contributed by atoms with Crippen LogP contribution < -0.4 is 10.2 Å². The van der Waals surface area contributed by atoms with Crippen molar-refractivity contribution >= 4 is 22.3 Å². The average molecular weight is 344 g/mol. The fraction of sp³-hybridized carbons (Fsp3) is 0.444. The number of thiophene rings is 1. The van der Waals surface area contributed by atoms with E-state index < -0.39 is 0 Å². The Morgan fingerprint density at radius 2 is 2.04 bits per heavy atom. The number of hydrogen-bond acceptors (Lipinski definition) is 4. The van der Waals surface area contributed by atoms with Gasteiger partial charge in [0.15, 0.2) is 5.96 Å². The van der Waals surface area contributed by atoms with Crippen molar-refractivity contribution in [1.82, 2.24) is 15.2 Å². The standard InChI is InChI=1S/C18H25N5S/c1-3-19-18(20-14-16-7-4-6-15(2)21-16)23-11-9-22(10-12-23)17-8-5-13-24-17/h4-8,13H,3,9-12,14H2,1-2H3,(H,19,20). The fourth-order valence-corrected chi connectivity index (χ4v) is 3.64. The van der Waals surface area contributed by atoms with E-state index in [1.807, 2.05) is 36.5 Å². The van der Waals surface area contributed by atoms with Crippen molar-refractivity contribution in [3.05, 3.63) is 47.1 Å². The number of aromatic nitrogens is 1. The monoisotopic (exact) mass is 343 g/mol. The molecule has 1 saturated heterocycles. The van der Waals surface area contributed by atoms with Crippen molar-refractivity contribution in [3.63, 3.8) is 0 Å². The number of piperazine rings is 1. The van der Waals surface area contributed by atoms with Gasteiger partial charge in [-0.25, -0.2) is 4.99 Å². The molecule has 0 aliphatic carbocycles. The number of anilines is 1. The Morgan fingerprint density at radius 3 is 2.71 bits per heavy atom. The lowest BCUT2D eigenvalue weighted by Gasteiger charge is -2.37. The van der Waals surface area contributed by atoms with Crippen LogP contribution in [-0.2, 0) is 6.54 Å². The molecular weight excluding hydrogens is 318 g/mol. The topological polar surface area (TPSA) is 43.8 Å². The summed E-state index contributed by atoms with van der Waals surface area (Å²) in [4.78, 5) is 14.1. The normalized spacial score (nSPS) is 15.7. The van der Waals surface area contributed by atoms with Crippen LogP contribution in [0.4, 0.5) is 5.00 Å². The molecule has 2 aromatic heterocycles. The summed E-state index contributed by atoms with van der Waals surface area (Å²) in [5, 5.41) is 6.92. The van der Waals surface area contributed by atoms with Gasteiger partial charge in [-0.2, -0.15) is 0 Å². The van der Waals surface area contributed by atoms with Crippen molar-refractivity contribution in [2.45, 2.75) is 20.4 Å². The third-order valence-electron chi connectivity index (χ3n) is 4.07. The maximum Gasteiger partial charge on any atom is 0.194 e. The van der Waals surface area contributed by atoms with Gasteiger partial charge in [0.2, 0.25) is 0 Å². The van der Waals surface area contributed by atoms with E-state index in [0.29, 0.717) is 6.54 Å². The maximum absolute atomic E-state index is 4.79. The summed E-state index contributed by atoms with van der Waals surface area (Å²) in [5.41, 5.74) is 2.06. The largest absolute Gasteiger partial charge is 0.360 e. The second-order valence-electron chi connectivity index (χ2n) is 5.87. The number of aliphatic imine (C=N–C) groups is 1. The lowest BCUT2D eigenvalue weighted by Crippen LogP contribution is -2.52. The van der Waals surface area contributed by atoms with Gasteiger partial charge in [0.1, 0.15) is 0 Å². The molecule has 24 heavy (non-hydrogen) atoms. The SMILES string of the molecule is CCNC(=NCc1cccc(C)n1)N1CCN(c2cccs2)CC1. The molecule has 0 saturated carbocycles. The van der Waals surface area contributed by atoms with E-state index in [1.54, 1.807) is 0 Å². The van der Waals surface area contributed by atoms with Crippen molar-refractivity contribution in [3.8, 4) is 0 Å². The van der Waals surface area contributed by atoms with Crippen LogP contribution in [-0.4, -0.2) is 48.6 Å². The molecular formula is C18H25N5S. The fourth-order valence-electron chi connectivity index (χ4n) is 2.86. The molecule has 1 fully saturated rings. The van der Waals surface area contributed by atoms with Crippen LogP contribution in [0.5, 0.6) is 0 Å². The van der Waals surface area contributed by atoms with Crippen LogP contribution in [0.3, 0.4) is 0 Å². The van der Waals surface area contributed by atoms with Crippen molar-refractivity contribution in [2.24, 2.45) is 4.99 Å². The van der Waals surface area contributed by atoms with Gasteiger partial charge in [0.05, 0.1) is 17.2 Å². The summed E-state index contributed by atoms with van der Waals surface area (Å²) in [6.07, 6.45) is 0. The maximum atomic E-state index is 4.79. The molecule has 0 unspecified atom stereocenters. The summed E-state index contributed by atoms with van der Waals surface area (Å²) in [7, 11) is 0. The number of aryl methyl sites for hydroxylation is 1. The van der Waals surface area contributed by atoms with Crippen molar-refractivity contribution in [1.29, 1.82) is 0 Å². The molecule has 0 bridgehead atoms. The molecule has 0 aromatic carbocycles. The predicted octanol–water partition coefficient (Wildman–Crippen LogP) is 2.74. The molecule has 0 amide bonds. The van der Waals surface area contributed by atoms with E-state index >= 15 is 0 Å². The zero-order valence-electron chi connectivity index (χ0n) is 14.4. The van der Waals surface area contributed by atoms with E-state index in [9.17, 15) is 0 Å². The van der Waals surface area contributed by atoms with Gasteiger partial charge in [0.25, 0.3) is 0 Å². The van der Waals surface area contributed by atoms with Gasteiger partial charge < -0.3 is 15.1 Å². The van der Waals surface area contributed by atoms with E-state index in [-0.39, 0.29) is 0 Å². The molecule has 5 nitrogen and oxygen atoms in total. The Hall–Kier alpha value is -2.08. The van der Waals surface area contributed by atoms with Gasteiger partial charge in [0, 0.05) is 38.4 Å². The van der Waals surface area contributed by atoms with E-state index in [4.69, 9.17) is 4.99 Å². The number of nitrogens with one attached hydrogen (secondary N) is 1. The molecule has 3 heterocycles. The molecule has 1 N–H and O–H groups in total. The molecule has 1 aliphatic heterocycles. The first kappa shape index (κ1) is 16.8. The van der Waals surface area contributed by atoms with Gasteiger partial charge in [-0.3, -0.25) is 4.98 Å². The van der Waals surface area contributed by atoms with E-state index in [0.717, 1.165) is 50.1 Å². The number of hydrogen-bond donors (Lipinski definition) is 1. The second-order valence-corrected chi connectivity index (χ2v) is 6.79. The molecule has 0 radical (unpaired) electrons. The smallest absolute Gasteiger partial charge is 0.194 e. The minimum Gasteiger partial charge on any atom is -0.360 e. The first-order valence-electron chi connectivity index (χ1n) is 8.50. The first-order valence-corrected chi connectivity index (χ1v) is 9.38. The van der Waals surface area contributed by atoms with Crippen LogP contribution in [0.2, 0.25) is 0 Å². The molecule has 0 atom stereocenters. The Kier molecular flexibility index (Phi) is 5.69. The van der Waals surface area contributed by atoms with Crippen LogP contribution in [0.15, 0.2) is 40.7 Å². The molecule has 3 rings (SSSR count). The quantitative estimate of drug-likeness (QED) is 0.685. The number of nitrogens with zero attached hydrogens (tertiary/aromatic N) is 4. The highest BCUT2D eigenvalue weighted by Gasteiger charge is 2.20.